The summed E-state index contributed by atoms with van der Waals surface area (Å²) in [6.07, 6.45) is 2.31. The topological polar surface area (TPSA) is 52.6 Å². The molecule has 25 heavy (non-hydrogen) atoms. The van der Waals surface area contributed by atoms with E-state index < -0.39 is 5.97 Å². The number of benzene rings is 1. The molecule has 0 N–H and O–H groups in total. The van der Waals surface area contributed by atoms with Crippen molar-refractivity contribution in [2.45, 2.75) is 17.7 Å². The number of thioether (sulfide) groups is 2. The Labute approximate surface area is 166 Å². The van der Waals surface area contributed by atoms with Crippen molar-refractivity contribution in [3.05, 3.63) is 48.6 Å². The smallest absolute Gasteiger partial charge is 0.329 e. The average Bonchev–Trinajstić information content (AvgIpc) is 2.66. The molecule has 1 rings (SSSR count). The number of thiocarbonyl (C=S) groups is 1. The SMILES string of the molecule is C=CC(=O)OC.COC(=O)C(SC(=S)SCCC[SiH3])c1ccccc1. The average molecular weight is 417 g/mol. The van der Waals surface area contributed by atoms with Crippen LogP contribution in [-0.4, -0.2) is 45.7 Å². The second-order valence-electron chi connectivity index (χ2n) is 4.61. The first-order valence-corrected chi connectivity index (χ1v) is 11.3. The number of methoxy groups -OCH3 is 2. The highest BCUT2D eigenvalue weighted by Gasteiger charge is 2.23. The van der Waals surface area contributed by atoms with Crippen molar-refractivity contribution in [1.29, 1.82) is 0 Å². The molecule has 0 aliphatic rings. The van der Waals surface area contributed by atoms with Gasteiger partial charge in [0.1, 0.15) is 8.78 Å². The first-order chi connectivity index (χ1) is 12.0. The summed E-state index contributed by atoms with van der Waals surface area (Å²) in [5.41, 5.74) is 0.935. The maximum atomic E-state index is 11.9. The van der Waals surface area contributed by atoms with E-state index in [4.69, 9.17) is 17.0 Å². The van der Waals surface area contributed by atoms with Crippen LogP contribution < -0.4 is 0 Å². The summed E-state index contributed by atoms with van der Waals surface area (Å²) in [5.74, 6) is 0.398. The maximum absolute atomic E-state index is 11.9. The lowest BCUT2D eigenvalue weighted by Crippen LogP contribution is -2.12. The summed E-state index contributed by atoms with van der Waals surface area (Å²) in [5, 5.41) is -0.359. The fourth-order valence-corrected chi connectivity index (χ4v) is 4.99. The van der Waals surface area contributed by atoms with Crippen LogP contribution in [0.5, 0.6) is 0 Å². The summed E-state index contributed by atoms with van der Waals surface area (Å²) < 4.78 is 9.83. The lowest BCUT2D eigenvalue weighted by atomic mass is 10.1. The van der Waals surface area contributed by atoms with Gasteiger partial charge in [-0.3, -0.25) is 4.79 Å². The Kier molecular flexibility index (Phi) is 14.5. The summed E-state index contributed by atoms with van der Waals surface area (Å²) >= 11 is 8.41. The zero-order chi connectivity index (χ0) is 19.1. The normalized spacial score (nSPS) is 10.8. The molecule has 0 fully saturated rings. The molecule has 0 aliphatic carbocycles. The van der Waals surface area contributed by atoms with E-state index in [0.29, 0.717) is 0 Å². The monoisotopic (exact) mass is 416 g/mol. The number of esters is 2. The molecule has 0 radical (unpaired) electrons. The molecule has 1 aromatic carbocycles. The second kappa shape index (κ2) is 15.2. The van der Waals surface area contributed by atoms with Gasteiger partial charge in [-0.1, -0.05) is 66.9 Å². The van der Waals surface area contributed by atoms with Crippen LogP contribution in [0.3, 0.4) is 0 Å². The van der Waals surface area contributed by atoms with Crippen molar-refractivity contribution >= 4 is 61.5 Å². The van der Waals surface area contributed by atoms with Gasteiger partial charge in [0, 0.05) is 16.3 Å². The zero-order valence-corrected chi connectivity index (χ0v) is 19.2. The highest BCUT2D eigenvalue weighted by molar-refractivity contribution is 8.47. The largest absolute Gasteiger partial charge is 0.468 e. The number of hydrogen-bond donors (Lipinski definition) is 0. The van der Waals surface area contributed by atoms with E-state index in [1.54, 1.807) is 11.8 Å². The molecule has 1 unspecified atom stereocenters. The van der Waals surface area contributed by atoms with E-state index in [9.17, 15) is 9.59 Å². The molecule has 0 saturated carbocycles. The Balaban J connectivity index is 0.000000823. The van der Waals surface area contributed by atoms with Crippen LogP contribution in [0.25, 0.3) is 0 Å². The molecule has 0 saturated heterocycles. The van der Waals surface area contributed by atoms with Crippen molar-refractivity contribution in [3.63, 3.8) is 0 Å². The van der Waals surface area contributed by atoms with E-state index in [1.807, 2.05) is 30.3 Å². The van der Waals surface area contributed by atoms with E-state index in [2.05, 4.69) is 11.3 Å². The van der Waals surface area contributed by atoms with Crippen LogP contribution in [-0.2, 0) is 19.1 Å². The lowest BCUT2D eigenvalue weighted by molar-refractivity contribution is -0.140. The highest BCUT2D eigenvalue weighted by atomic mass is 32.2. The molecule has 0 bridgehead atoms. The van der Waals surface area contributed by atoms with E-state index in [0.717, 1.165) is 20.9 Å². The number of hydrogen-bond acceptors (Lipinski definition) is 7. The molecular formula is C17H24O4S3Si. The van der Waals surface area contributed by atoms with Gasteiger partial charge >= 0.3 is 11.9 Å². The van der Waals surface area contributed by atoms with Gasteiger partial charge in [-0.05, 0) is 17.7 Å². The van der Waals surface area contributed by atoms with Crippen LogP contribution in [0.1, 0.15) is 17.2 Å². The fourth-order valence-electron chi connectivity index (χ4n) is 1.50. The Bertz CT molecular complexity index is 552. The molecule has 0 aromatic heterocycles. The number of carbonyl (C=O) groups excluding carboxylic acids is 2. The van der Waals surface area contributed by atoms with Gasteiger partial charge in [-0.15, -0.1) is 11.8 Å². The van der Waals surface area contributed by atoms with Crippen LogP contribution >= 0.6 is 35.7 Å². The molecule has 0 spiro atoms. The molecular weight excluding hydrogens is 392 g/mol. The van der Waals surface area contributed by atoms with Crippen molar-refractivity contribution in [2.24, 2.45) is 0 Å². The maximum Gasteiger partial charge on any atom is 0.329 e. The molecule has 1 atom stereocenters. The Hall–Kier alpha value is -1.09. The van der Waals surface area contributed by atoms with E-state index in [-0.39, 0.29) is 11.2 Å². The first-order valence-electron chi connectivity index (χ1n) is 7.66. The second-order valence-corrected chi connectivity index (χ2v) is 9.02. The third kappa shape index (κ3) is 11.2. The van der Waals surface area contributed by atoms with Gasteiger partial charge in [0.2, 0.25) is 0 Å². The fraction of sp³-hybridized carbons (Fsp3) is 0.353. The van der Waals surface area contributed by atoms with Gasteiger partial charge in [-0.2, -0.15) is 0 Å². The summed E-state index contributed by atoms with van der Waals surface area (Å²) in [6.45, 7) is 3.16. The predicted molar refractivity (Wildman–Crippen MR) is 115 cm³/mol. The van der Waals surface area contributed by atoms with Crippen LogP contribution in [0.4, 0.5) is 0 Å². The third-order valence-electron chi connectivity index (χ3n) is 2.82. The minimum atomic E-state index is -0.394. The number of rotatable bonds is 7. The molecule has 0 heterocycles. The van der Waals surface area contributed by atoms with Crippen molar-refractivity contribution < 1.29 is 19.1 Å². The van der Waals surface area contributed by atoms with Crippen LogP contribution in [0, 0.1) is 0 Å². The summed E-state index contributed by atoms with van der Waals surface area (Å²) in [4.78, 5) is 21.7. The standard InChI is InChI=1S/C13H18O2S3Si.C4H6O2/c1-15-12(14)11(10-6-3-2-4-7-10)18-13(16)17-8-5-9-19;1-3-4(5)6-2/h2-4,6-7,11H,5,8-9H2,1,19H3;3H,1H2,2H3. The highest BCUT2D eigenvalue weighted by Crippen LogP contribution is 2.34. The van der Waals surface area contributed by atoms with E-state index in [1.165, 1.54) is 48.7 Å². The van der Waals surface area contributed by atoms with Crippen molar-refractivity contribution in [2.75, 3.05) is 20.0 Å². The third-order valence-corrected chi connectivity index (χ3v) is 6.43. The number of carbonyl (C=O) groups is 2. The minimum absolute atomic E-state index is 0.248. The molecule has 4 nitrogen and oxygen atoms in total. The Morgan fingerprint density at radius 2 is 1.92 bits per heavy atom. The van der Waals surface area contributed by atoms with Gasteiger partial charge in [0.15, 0.2) is 0 Å². The minimum Gasteiger partial charge on any atom is -0.468 e. The summed E-state index contributed by atoms with van der Waals surface area (Å²) in [6, 6.07) is 10.9. The summed E-state index contributed by atoms with van der Waals surface area (Å²) in [7, 11) is 3.96. The van der Waals surface area contributed by atoms with Gasteiger partial charge in [0.25, 0.3) is 0 Å². The molecule has 0 aliphatic heterocycles. The zero-order valence-electron chi connectivity index (χ0n) is 14.7. The quantitative estimate of drug-likeness (QED) is 0.222. The lowest BCUT2D eigenvalue weighted by Gasteiger charge is -2.14. The van der Waals surface area contributed by atoms with Gasteiger partial charge in [0.05, 0.1) is 14.2 Å². The molecule has 138 valence electrons. The predicted octanol–water partition coefficient (Wildman–Crippen LogP) is 3.17. The molecule has 0 amide bonds. The van der Waals surface area contributed by atoms with Crippen LogP contribution in [0.15, 0.2) is 43.0 Å². The van der Waals surface area contributed by atoms with E-state index >= 15 is 0 Å². The van der Waals surface area contributed by atoms with Crippen molar-refractivity contribution in [3.8, 4) is 0 Å². The Morgan fingerprint density at radius 1 is 1.28 bits per heavy atom. The van der Waals surface area contributed by atoms with Gasteiger partial charge in [-0.25, -0.2) is 4.79 Å². The van der Waals surface area contributed by atoms with Gasteiger partial charge < -0.3 is 9.47 Å². The van der Waals surface area contributed by atoms with Crippen LogP contribution in [0.2, 0.25) is 6.04 Å². The number of ether oxygens (including phenoxy) is 2. The Morgan fingerprint density at radius 3 is 2.36 bits per heavy atom. The molecule has 1 aromatic rings. The first kappa shape index (κ1) is 23.9. The van der Waals surface area contributed by atoms with Crippen molar-refractivity contribution in [1.82, 2.24) is 0 Å². The molecule has 8 heteroatoms.